The molecule has 1 amide bonds. The molecule has 1 aromatic heterocycles. The van der Waals surface area contributed by atoms with E-state index in [0.29, 0.717) is 29.0 Å². The van der Waals surface area contributed by atoms with Gasteiger partial charge in [0, 0.05) is 51.1 Å². The first-order valence-electron chi connectivity index (χ1n) is 8.10. The van der Waals surface area contributed by atoms with Crippen LogP contribution in [0.25, 0.3) is 0 Å². The summed E-state index contributed by atoms with van der Waals surface area (Å²) in [5.74, 6) is -0.00191. The molecule has 2 aromatic rings. The van der Waals surface area contributed by atoms with Gasteiger partial charge in [0.25, 0.3) is 5.56 Å². The molecule has 1 heterocycles. The van der Waals surface area contributed by atoms with Gasteiger partial charge < -0.3 is 14.8 Å². The lowest BCUT2D eigenvalue weighted by Crippen LogP contribution is -2.27. The van der Waals surface area contributed by atoms with Crippen LogP contribution in [0.2, 0.25) is 0 Å². The first kappa shape index (κ1) is 18.9. The lowest BCUT2D eigenvalue weighted by molar-refractivity contribution is -0.130. The molecule has 0 aliphatic heterocycles. The molecular weight excluding hydrogens is 336 g/mol. The molecule has 2 N–H and O–H groups in total. The van der Waals surface area contributed by atoms with E-state index in [1.807, 2.05) is 43.3 Å². The smallest absolute Gasteiger partial charge is 0.255 e. The van der Waals surface area contributed by atoms with Gasteiger partial charge in [-0.05, 0) is 43.3 Å². The molecule has 0 saturated carbocycles. The van der Waals surface area contributed by atoms with Crippen molar-refractivity contribution in [3.8, 4) is 0 Å². The Hall–Kier alpha value is -2.41. The standard InChI is InChI=1S/C18H24N4O2S/c1-12-15(17(24)20-18(25)19-12)9-10-16(23)22(4)11-13-5-7-14(8-6-13)21(2)3/h5-8H,9-11H2,1-4H3,(H2,19,20,24,25). The van der Waals surface area contributed by atoms with Gasteiger partial charge in [0.15, 0.2) is 4.77 Å². The Morgan fingerprint density at radius 1 is 1.12 bits per heavy atom. The summed E-state index contributed by atoms with van der Waals surface area (Å²) in [6.07, 6.45) is 0.664. The number of nitrogens with zero attached hydrogens (tertiary/aromatic N) is 2. The van der Waals surface area contributed by atoms with Crippen molar-refractivity contribution in [1.82, 2.24) is 14.9 Å². The largest absolute Gasteiger partial charge is 0.378 e. The maximum atomic E-state index is 12.4. The SMILES string of the molecule is Cc1[nH]c(=S)[nH]c(=O)c1CCC(=O)N(C)Cc1ccc(N(C)C)cc1. The third-order valence-electron chi connectivity index (χ3n) is 4.14. The van der Waals surface area contributed by atoms with Crippen LogP contribution >= 0.6 is 12.2 Å². The summed E-state index contributed by atoms with van der Waals surface area (Å²) < 4.78 is 0.302. The molecule has 1 aromatic carbocycles. The van der Waals surface area contributed by atoms with Crippen LogP contribution in [0, 0.1) is 11.7 Å². The van der Waals surface area contributed by atoms with Crippen molar-refractivity contribution in [1.29, 1.82) is 0 Å². The van der Waals surface area contributed by atoms with E-state index in [0.717, 1.165) is 11.3 Å². The molecule has 0 aliphatic rings. The van der Waals surface area contributed by atoms with Crippen molar-refractivity contribution >= 4 is 23.8 Å². The van der Waals surface area contributed by atoms with Gasteiger partial charge in [0.05, 0.1) is 0 Å². The van der Waals surface area contributed by atoms with Crippen molar-refractivity contribution in [2.24, 2.45) is 0 Å². The third-order valence-corrected chi connectivity index (χ3v) is 4.35. The molecule has 0 aliphatic carbocycles. The number of aromatic nitrogens is 2. The fourth-order valence-corrected chi connectivity index (χ4v) is 2.86. The molecular formula is C18H24N4O2S. The Morgan fingerprint density at radius 3 is 2.32 bits per heavy atom. The van der Waals surface area contributed by atoms with E-state index in [9.17, 15) is 9.59 Å². The topological polar surface area (TPSA) is 72.2 Å². The minimum absolute atomic E-state index is 0.00191. The third kappa shape index (κ3) is 5.03. The number of H-pyrrole nitrogens is 2. The average molecular weight is 360 g/mol. The van der Waals surface area contributed by atoms with Gasteiger partial charge in [-0.2, -0.15) is 0 Å². The molecule has 0 bridgehead atoms. The zero-order chi connectivity index (χ0) is 18.6. The van der Waals surface area contributed by atoms with Crippen LogP contribution in [0.5, 0.6) is 0 Å². The maximum absolute atomic E-state index is 12.4. The molecule has 0 atom stereocenters. The molecule has 134 valence electrons. The van der Waals surface area contributed by atoms with Gasteiger partial charge >= 0.3 is 0 Å². The number of anilines is 1. The summed E-state index contributed by atoms with van der Waals surface area (Å²) >= 11 is 4.93. The Kier molecular flexibility index (Phi) is 6.14. The van der Waals surface area contributed by atoms with Crippen LogP contribution in [-0.2, 0) is 17.8 Å². The highest BCUT2D eigenvalue weighted by atomic mass is 32.1. The first-order chi connectivity index (χ1) is 11.8. The summed E-state index contributed by atoms with van der Waals surface area (Å²) in [6, 6.07) is 8.10. The van der Waals surface area contributed by atoms with Gasteiger partial charge in [-0.3, -0.25) is 14.6 Å². The second-order valence-corrected chi connectivity index (χ2v) is 6.73. The quantitative estimate of drug-likeness (QED) is 0.776. The van der Waals surface area contributed by atoms with Gasteiger partial charge in [-0.1, -0.05) is 12.1 Å². The summed E-state index contributed by atoms with van der Waals surface area (Å²) in [6.45, 7) is 2.33. The number of aromatic amines is 2. The second kappa shape index (κ2) is 8.11. The van der Waals surface area contributed by atoms with Crippen LogP contribution in [0.15, 0.2) is 29.1 Å². The normalized spacial score (nSPS) is 10.6. The Bertz CT molecular complexity index is 853. The highest BCUT2D eigenvalue weighted by molar-refractivity contribution is 7.71. The van der Waals surface area contributed by atoms with Gasteiger partial charge in [0.1, 0.15) is 0 Å². The van der Waals surface area contributed by atoms with E-state index in [2.05, 4.69) is 9.97 Å². The monoisotopic (exact) mass is 360 g/mol. The minimum Gasteiger partial charge on any atom is -0.378 e. The fraction of sp³-hybridized carbons (Fsp3) is 0.389. The summed E-state index contributed by atoms with van der Waals surface area (Å²) in [7, 11) is 5.76. The highest BCUT2D eigenvalue weighted by Crippen LogP contribution is 2.14. The molecule has 0 radical (unpaired) electrons. The molecule has 0 fully saturated rings. The number of rotatable bonds is 6. The number of benzene rings is 1. The predicted octanol–water partition coefficient (Wildman–Crippen LogP) is 2.40. The minimum atomic E-state index is -0.226. The van der Waals surface area contributed by atoms with Crippen molar-refractivity contribution in [2.75, 3.05) is 26.0 Å². The summed E-state index contributed by atoms with van der Waals surface area (Å²) in [5, 5.41) is 0. The van der Waals surface area contributed by atoms with Crippen LogP contribution in [0.3, 0.4) is 0 Å². The Labute approximate surface area is 152 Å². The molecule has 0 saturated heterocycles. The number of hydrogen-bond acceptors (Lipinski definition) is 4. The van der Waals surface area contributed by atoms with Crippen LogP contribution in [-0.4, -0.2) is 41.9 Å². The Morgan fingerprint density at radius 2 is 1.76 bits per heavy atom. The molecule has 6 nitrogen and oxygen atoms in total. The van der Waals surface area contributed by atoms with E-state index in [1.54, 1.807) is 18.9 Å². The van der Waals surface area contributed by atoms with Crippen LogP contribution < -0.4 is 10.5 Å². The van der Waals surface area contributed by atoms with Crippen molar-refractivity contribution in [2.45, 2.75) is 26.3 Å². The van der Waals surface area contributed by atoms with E-state index < -0.39 is 0 Å². The number of aryl methyl sites for hydroxylation is 1. The maximum Gasteiger partial charge on any atom is 0.255 e. The van der Waals surface area contributed by atoms with Crippen molar-refractivity contribution < 1.29 is 4.79 Å². The highest BCUT2D eigenvalue weighted by Gasteiger charge is 2.12. The van der Waals surface area contributed by atoms with E-state index in [4.69, 9.17) is 12.2 Å². The van der Waals surface area contributed by atoms with Crippen LogP contribution in [0.1, 0.15) is 23.2 Å². The number of hydrogen-bond donors (Lipinski definition) is 2. The van der Waals surface area contributed by atoms with Gasteiger partial charge in [-0.15, -0.1) is 0 Å². The fourth-order valence-electron chi connectivity index (χ4n) is 2.61. The van der Waals surface area contributed by atoms with E-state index in [1.165, 1.54) is 0 Å². The van der Waals surface area contributed by atoms with Gasteiger partial charge in [0.2, 0.25) is 5.91 Å². The zero-order valence-electron chi connectivity index (χ0n) is 15.0. The lowest BCUT2D eigenvalue weighted by Gasteiger charge is -2.18. The molecule has 0 spiro atoms. The molecule has 2 rings (SSSR count). The average Bonchev–Trinajstić information content (AvgIpc) is 2.54. The van der Waals surface area contributed by atoms with Gasteiger partial charge in [-0.25, -0.2) is 0 Å². The van der Waals surface area contributed by atoms with E-state index in [-0.39, 0.29) is 17.9 Å². The number of amides is 1. The molecule has 25 heavy (non-hydrogen) atoms. The number of carbonyl (C=O) groups excluding carboxylic acids is 1. The number of carbonyl (C=O) groups is 1. The van der Waals surface area contributed by atoms with E-state index >= 15 is 0 Å². The first-order valence-corrected chi connectivity index (χ1v) is 8.51. The zero-order valence-corrected chi connectivity index (χ0v) is 15.9. The summed E-state index contributed by atoms with van der Waals surface area (Å²) in [5.41, 5.74) is 3.25. The summed E-state index contributed by atoms with van der Waals surface area (Å²) in [4.78, 5) is 33.5. The predicted molar refractivity (Wildman–Crippen MR) is 103 cm³/mol. The number of nitrogens with one attached hydrogen (secondary N) is 2. The van der Waals surface area contributed by atoms with Crippen molar-refractivity contribution in [3.05, 3.63) is 56.2 Å². The molecule has 0 unspecified atom stereocenters. The van der Waals surface area contributed by atoms with Crippen molar-refractivity contribution in [3.63, 3.8) is 0 Å². The Balaban J connectivity index is 1.96. The van der Waals surface area contributed by atoms with Crippen LogP contribution in [0.4, 0.5) is 5.69 Å². The second-order valence-electron chi connectivity index (χ2n) is 6.32. The lowest BCUT2D eigenvalue weighted by atomic mass is 10.1. The molecule has 7 heteroatoms.